The molecule has 1 aliphatic heterocycles. The standard InChI is InChI=1S/C24H18N6O2.C2H6/c25-14-15-7-6-10-17(13-15)21(26)32-24(27)30-22-23(31)28-19-12-5-4-11-18(19)20(29-22)16-8-2-1-3-9-16;1-2/h1-13,22,26H,(H2,27,30)(H,28,31);1-2H3. The van der Waals surface area contributed by atoms with Crippen molar-refractivity contribution in [2.45, 2.75) is 20.0 Å². The number of carbonyl (C=O) groups is 1. The fraction of sp³-hybridized carbons (Fsp3) is 0.115. The fourth-order valence-corrected chi connectivity index (χ4v) is 3.20. The Kier molecular flexibility index (Phi) is 7.87. The van der Waals surface area contributed by atoms with Crippen molar-refractivity contribution in [3.63, 3.8) is 0 Å². The first-order valence-corrected chi connectivity index (χ1v) is 10.7. The Bertz CT molecular complexity index is 1290. The summed E-state index contributed by atoms with van der Waals surface area (Å²) >= 11 is 0. The summed E-state index contributed by atoms with van der Waals surface area (Å²) in [5, 5.41) is 19.9. The van der Waals surface area contributed by atoms with E-state index in [0.29, 0.717) is 22.5 Å². The van der Waals surface area contributed by atoms with Crippen molar-refractivity contribution < 1.29 is 9.53 Å². The lowest BCUT2D eigenvalue weighted by atomic mass is 10.0. The number of benzene rings is 3. The number of benzodiazepines with no additional fused rings is 1. The molecular formula is C26H24N6O2. The summed E-state index contributed by atoms with van der Waals surface area (Å²) in [4.78, 5) is 21.5. The van der Waals surface area contributed by atoms with E-state index in [9.17, 15) is 4.79 Å². The largest absolute Gasteiger partial charge is 0.407 e. The minimum atomic E-state index is -1.21. The second-order valence-corrected chi connectivity index (χ2v) is 6.84. The summed E-state index contributed by atoms with van der Waals surface area (Å²) in [5.41, 5.74) is 9.39. The van der Waals surface area contributed by atoms with Crippen LogP contribution in [-0.2, 0) is 9.53 Å². The second kappa shape index (κ2) is 11.2. The van der Waals surface area contributed by atoms with E-state index in [1.165, 1.54) is 6.07 Å². The van der Waals surface area contributed by atoms with Gasteiger partial charge in [0.15, 0.2) is 0 Å². The predicted octanol–water partition coefficient (Wildman–Crippen LogP) is 4.06. The molecule has 1 atom stereocenters. The number of aliphatic imine (C=N–C) groups is 2. The van der Waals surface area contributed by atoms with Crippen molar-refractivity contribution in [1.82, 2.24) is 0 Å². The van der Waals surface area contributed by atoms with Crippen LogP contribution < -0.4 is 11.1 Å². The van der Waals surface area contributed by atoms with Crippen LogP contribution in [0, 0.1) is 16.7 Å². The number of nitrogens with two attached hydrogens (primary N) is 1. The number of rotatable bonds is 3. The summed E-state index contributed by atoms with van der Waals surface area (Å²) in [6, 6.07) is 24.7. The van der Waals surface area contributed by atoms with Crippen LogP contribution in [0.25, 0.3) is 0 Å². The van der Waals surface area contributed by atoms with Crippen molar-refractivity contribution in [2.24, 2.45) is 15.7 Å². The zero-order valence-corrected chi connectivity index (χ0v) is 18.8. The highest BCUT2D eigenvalue weighted by Crippen LogP contribution is 2.24. The van der Waals surface area contributed by atoms with Crippen molar-refractivity contribution in [3.05, 3.63) is 101 Å². The molecule has 170 valence electrons. The zero-order valence-electron chi connectivity index (χ0n) is 18.8. The highest BCUT2D eigenvalue weighted by Gasteiger charge is 2.26. The van der Waals surface area contributed by atoms with Crippen LogP contribution in [0.5, 0.6) is 0 Å². The number of amidine groups is 1. The van der Waals surface area contributed by atoms with Crippen LogP contribution >= 0.6 is 0 Å². The fourth-order valence-electron chi connectivity index (χ4n) is 3.20. The molecule has 34 heavy (non-hydrogen) atoms. The molecule has 0 aliphatic carbocycles. The third-order valence-corrected chi connectivity index (χ3v) is 4.68. The highest BCUT2D eigenvalue weighted by atomic mass is 16.5. The Labute approximate surface area is 197 Å². The van der Waals surface area contributed by atoms with Gasteiger partial charge in [0.2, 0.25) is 12.1 Å². The zero-order chi connectivity index (χ0) is 24.5. The van der Waals surface area contributed by atoms with Gasteiger partial charge in [-0.05, 0) is 24.3 Å². The number of carbonyl (C=O) groups excluding carboxylic acids is 1. The minimum absolute atomic E-state index is 0.298. The molecule has 3 aromatic rings. The molecule has 0 saturated carbocycles. The van der Waals surface area contributed by atoms with Gasteiger partial charge in [-0.15, -0.1) is 0 Å². The van der Waals surface area contributed by atoms with Gasteiger partial charge in [0, 0.05) is 16.7 Å². The van der Waals surface area contributed by atoms with Crippen LogP contribution in [0.3, 0.4) is 0 Å². The number of nitrogens with zero attached hydrogens (tertiary/aromatic N) is 3. The molecular weight excluding hydrogens is 428 g/mol. The van der Waals surface area contributed by atoms with E-state index in [1.54, 1.807) is 24.3 Å². The summed E-state index contributed by atoms with van der Waals surface area (Å²) in [7, 11) is 0. The Balaban J connectivity index is 0.00000158. The van der Waals surface area contributed by atoms with Crippen molar-refractivity contribution in [2.75, 3.05) is 5.32 Å². The van der Waals surface area contributed by atoms with E-state index in [1.807, 2.05) is 68.4 Å². The van der Waals surface area contributed by atoms with E-state index in [2.05, 4.69) is 15.3 Å². The van der Waals surface area contributed by atoms with Gasteiger partial charge < -0.3 is 15.8 Å². The molecule has 4 rings (SSSR count). The monoisotopic (exact) mass is 452 g/mol. The van der Waals surface area contributed by atoms with Gasteiger partial charge in [-0.2, -0.15) is 10.3 Å². The van der Waals surface area contributed by atoms with Gasteiger partial charge in [-0.3, -0.25) is 10.2 Å². The smallest absolute Gasteiger partial charge is 0.291 e. The maximum absolute atomic E-state index is 12.8. The summed E-state index contributed by atoms with van der Waals surface area (Å²) in [6.07, 6.45) is -1.21. The van der Waals surface area contributed by atoms with Crippen molar-refractivity contribution in [1.29, 1.82) is 10.7 Å². The Morgan fingerprint density at radius 1 is 1.09 bits per heavy atom. The molecule has 8 heteroatoms. The molecule has 4 N–H and O–H groups in total. The molecule has 1 heterocycles. The van der Waals surface area contributed by atoms with Crippen LogP contribution in [-0.4, -0.2) is 29.7 Å². The quantitative estimate of drug-likeness (QED) is 0.408. The lowest BCUT2D eigenvalue weighted by Crippen LogP contribution is -2.29. The maximum atomic E-state index is 12.8. The predicted molar refractivity (Wildman–Crippen MR) is 133 cm³/mol. The van der Waals surface area contributed by atoms with E-state index >= 15 is 0 Å². The number of ether oxygens (including phenoxy) is 1. The highest BCUT2D eigenvalue weighted by molar-refractivity contribution is 6.19. The SMILES string of the molecule is CC.N#Cc1cccc(C(=N)O/C(N)=N/C2N=C(c3ccccc3)c3ccccc3NC2=O)c1. The second-order valence-electron chi connectivity index (χ2n) is 6.84. The molecule has 1 unspecified atom stereocenters. The van der Waals surface area contributed by atoms with Gasteiger partial charge in [0.05, 0.1) is 23.0 Å². The number of nitriles is 1. The van der Waals surface area contributed by atoms with Crippen LogP contribution in [0.2, 0.25) is 0 Å². The molecule has 0 aromatic heterocycles. The molecule has 1 aliphatic rings. The van der Waals surface area contributed by atoms with Crippen molar-refractivity contribution >= 4 is 29.2 Å². The number of amides is 1. The van der Waals surface area contributed by atoms with Crippen molar-refractivity contribution in [3.8, 4) is 6.07 Å². The number of nitrogens with one attached hydrogen (secondary N) is 2. The van der Waals surface area contributed by atoms with Gasteiger partial charge in [0.25, 0.3) is 11.9 Å². The Morgan fingerprint density at radius 2 is 1.79 bits per heavy atom. The van der Waals surface area contributed by atoms with Gasteiger partial charge in [-0.25, -0.2) is 4.99 Å². The number of anilines is 1. The van der Waals surface area contributed by atoms with Crippen LogP contribution in [0.15, 0.2) is 88.8 Å². The summed E-state index contributed by atoms with van der Waals surface area (Å²) in [5.74, 6) is -0.777. The first-order chi connectivity index (χ1) is 16.5. The van der Waals surface area contributed by atoms with Gasteiger partial charge in [0.1, 0.15) is 0 Å². The lowest BCUT2D eigenvalue weighted by Gasteiger charge is -2.10. The molecule has 0 bridgehead atoms. The first-order valence-electron chi connectivity index (χ1n) is 10.7. The van der Waals surface area contributed by atoms with Crippen LogP contribution in [0.1, 0.15) is 36.1 Å². The van der Waals surface area contributed by atoms with Gasteiger partial charge >= 0.3 is 0 Å². The normalized spacial score (nSPS) is 14.7. The molecule has 8 nitrogen and oxygen atoms in total. The molecule has 1 amide bonds. The van der Waals surface area contributed by atoms with E-state index in [0.717, 1.165) is 11.1 Å². The average molecular weight is 453 g/mol. The summed E-state index contributed by atoms with van der Waals surface area (Å²) in [6.45, 7) is 4.00. The number of hydrogen-bond acceptors (Lipinski definition) is 6. The number of para-hydroxylation sites is 1. The number of hydrogen-bond donors (Lipinski definition) is 3. The first kappa shape index (κ1) is 23.9. The Morgan fingerprint density at radius 3 is 2.53 bits per heavy atom. The van der Waals surface area contributed by atoms with E-state index in [-0.39, 0.29) is 11.9 Å². The molecule has 0 spiro atoms. The van der Waals surface area contributed by atoms with Crippen LogP contribution in [0.4, 0.5) is 5.69 Å². The maximum Gasteiger partial charge on any atom is 0.291 e. The average Bonchev–Trinajstić information content (AvgIpc) is 3.02. The van der Waals surface area contributed by atoms with E-state index in [4.69, 9.17) is 21.1 Å². The molecule has 0 fully saturated rings. The van der Waals surface area contributed by atoms with E-state index < -0.39 is 12.1 Å². The molecule has 0 radical (unpaired) electrons. The number of fused-ring (bicyclic) bond motifs is 1. The third kappa shape index (κ3) is 5.53. The topological polar surface area (TPSA) is 137 Å². The lowest BCUT2D eigenvalue weighted by molar-refractivity contribution is -0.117. The third-order valence-electron chi connectivity index (χ3n) is 4.68. The minimum Gasteiger partial charge on any atom is -0.407 e. The summed E-state index contributed by atoms with van der Waals surface area (Å²) < 4.78 is 5.30. The molecule has 3 aromatic carbocycles. The molecule has 0 saturated heterocycles. The Hall–Kier alpha value is -4.77. The van der Waals surface area contributed by atoms with Gasteiger partial charge in [-0.1, -0.05) is 68.4 Å².